The van der Waals surface area contributed by atoms with Crippen LogP contribution in [0, 0.1) is 0 Å². The summed E-state index contributed by atoms with van der Waals surface area (Å²) in [5.41, 5.74) is 0. The topological polar surface area (TPSA) is 78.9 Å². The summed E-state index contributed by atoms with van der Waals surface area (Å²) < 4.78 is 16.6. The van der Waals surface area contributed by atoms with E-state index in [1.807, 2.05) is 0 Å². The minimum absolute atomic E-state index is 0.0989. The second kappa shape index (κ2) is 56.1. The average Bonchev–Trinajstić information content (AvgIpc) is 3.35. The molecule has 1 atom stereocenters. The third-order valence-electron chi connectivity index (χ3n) is 11.1. The molecule has 0 N–H and O–H groups in total. The maximum Gasteiger partial charge on any atom is 0.306 e. The lowest BCUT2D eigenvalue weighted by atomic mass is 10.1. The molecule has 69 heavy (non-hydrogen) atoms. The van der Waals surface area contributed by atoms with Gasteiger partial charge in [-0.1, -0.05) is 219 Å². The van der Waals surface area contributed by atoms with Crippen molar-refractivity contribution >= 4 is 17.9 Å². The summed E-state index contributed by atoms with van der Waals surface area (Å²) in [6, 6.07) is 0. The van der Waals surface area contributed by atoms with E-state index in [9.17, 15) is 14.4 Å². The molecule has 0 saturated heterocycles. The number of esters is 3. The van der Waals surface area contributed by atoms with E-state index in [1.165, 1.54) is 25.7 Å². The van der Waals surface area contributed by atoms with Crippen LogP contribution in [-0.2, 0) is 28.6 Å². The third kappa shape index (κ3) is 54.4. The van der Waals surface area contributed by atoms with E-state index in [0.29, 0.717) is 19.3 Å². The summed E-state index contributed by atoms with van der Waals surface area (Å²) in [5, 5.41) is 0. The number of ether oxygens (including phenoxy) is 3. The van der Waals surface area contributed by atoms with Crippen LogP contribution in [0.2, 0.25) is 0 Å². The van der Waals surface area contributed by atoms with Crippen molar-refractivity contribution < 1.29 is 28.6 Å². The molecule has 1 unspecified atom stereocenters. The molecule has 0 aliphatic rings. The molecule has 388 valence electrons. The Balaban J connectivity index is 4.21. The highest BCUT2D eigenvalue weighted by Crippen LogP contribution is 2.12. The first-order valence-corrected chi connectivity index (χ1v) is 27.7. The molecular weight excluding hydrogens is 853 g/mol. The van der Waals surface area contributed by atoms with Gasteiger partial charge in [-0.25, -0.2) is 0 Å². The zero-order valence-electron chi connectivity index (χ0n) is 44.3. The summed E-state index contributed by atoms with van der Waals surface area (Å²) in [6.07, 6.45) is 79.1. The largest absolute Gasteiger partial charge is 0.462 e. The quantitative estimate of drug-likeness (QED) is 0.0262. The molecular formula is C63H100O6. The highest BCUT2D eigenvalue weighted by atomic mass is 16.6. The van der Waals surface area contributed by atoms with Gasteiger partial charge in [-0.05, 0) is 122 Å². The van der Waals surface area contributed by atoms with Crippen molar-refractivity contribution in [2.75, 3.05) is 13.2 Å². The molecule has 6 heteroatoms. The number of carbonyl (C=O) groups is 3. The van der Waals surface area contributed by atoms with E-state index in [-0.39, 0.29) is 31.1 Å². The first-order valence-electron chi connectivity index (χ1n) is 27.7. The molecule has 0 aromatic rings. The molecule has 0 radical (unpaired) electrons. The van der Waals surface area contributed by atoms with Gasteiger partial charge in [0.25, 0.3) is 0 Å². The van der Waals surface area contributed by atoms with E-state index in [0.717, 1.165) is 161 Å². The standard InChI is InChI=1S/C63H100O6/c1-4-7-10-13-15-17-19-21-23-24-25-26-27-28-29-30-31-32-33-34-35-36-37-38-40-41-43-45-47-50-53-56-62(65)68-59-60(58-67-61(64)55-52-49-12-9-6-3)69-63(66)57-54-51-48-46-44-42-39-22-20-18-16-14-11-8-5-2/h7,10,15-18,21-23,25-26,28-29,31-32,34-35,37-39,41,43,60H,4-6,8-9,11-14,19-20,24,27,30,33,36,40,42,44-59H2,1-3H3/b10-7-,17-15-,18-16-,23-21-,26-25-,29-28-,32-31-,35-34-,38-37-,39-22-,43-41-. The van der Waals surface area contributed by atoms with E-state index in [1.54, 1.807) is 0 Å². The highest BCUT2D eigenvalue weighted by Gasteiger charge is 2.19. The second-order valence-corrected chi connectivity index (χ2v) is 17.8. The predicted molar refractivity (Wildman–Crippen MR) is 297 cm³/mol. The lowest BCUT2D eigenvalue weighted by Crippen LogP contribution is -2.30. The van der Waals surface area contributed by atoms with E-state index >= 15 is 0 Å². The number of allylic oxidation sites excluding steroid dienone is 22. The van der Waals surface area contributed by atoms with Gasteiger partial charge in [-0.3, -0.25) is 14.4 Å². The van der Waals surface area contributed by atoms with Crippen LogP contribution in [0.4, 0.5) is 0 Å². The molecule has 6 nitrogen and oxygen atoms in total. The van der Waals surface area contributed by atoms with Crippen LogP contribution in [0.15, 0.2) is 134 Å². The molecule has 0 aliphatic carbocycles. The summed E-state index contributed by atoms with van der Waals surface area (Å²) in [7, 11) is 0. The Labute approximate surface area is 424 Å². The zero-order chi connectivity index (χ0) is 50.0. The van der Waals surface area contributed by atoms with Gasteiger partial charge >= 0.3 is 17.9 Å². The van der Waals surface area contributed by atoms with Gasteiger partial charge in [0, 0.05) is 19.3 Å². The Bertz CT molecular complexity index is 1510. The van der Waals surface area contributed by atoms with Gasteiger partial charge in [0.15, 0.2) is 6.10 Å². The summed E-state index contributed by atoms with van der Waals surface area (Å²) in [6.45, 7) is 6.35. The first kappa shape index (κ1) is 64.5. The molecule has 0 heterocycles. The Hall–Kier alpha value is -4.45. The monoisotopic (exact) mass is 953 g/mol. The Morgan fingerprint density at radius 1 is 0.304 bits per heavy atom. The maximum absolute atomic E-state index is 12.7. The predicted octanol–water partition coefficient (Wildman–Crippen LogP) is 18.6. The highest BCUT2D eigenvalue weighted by molar-refractivity contribution is 5.71. The number of unbranched alkanes of at least 4 members (excludes halogenated alkanes) is 15. The van der Waals surface area contributed by atoms with Crippen LogP contribution in [0.25, 0.3) is 0 Å². The number of hydrogen-bond acceptors (Lipinski definition) is 6. The Kier molecular flexibility index (Phi) is 52.5. The van der Waals surface area contributed by atoms with Crippen molar-refractivity contribution in [3.8, 4) is 0 Å². The van der Waals surface area contributed by atoms with Gasteiger partial charge < -0.3 is 14.2 Å². The van der Waals surface area contributed by atoms with Crippen LogP contribution in [0.5, 0.6) is 0 Å². The second-order valence-electron chi connectivity index (χ2n) is 17.8. The fourth-order valence-electron chi connectivity index (χ4n) is 6.99. The van der Waals surface area contributed by atoms with Crippen LogP contribution in [0.3, 0.4) is 0 Å². The molecule has 0 amide bonds. The van der Waals surface area contributed by atoms with E-state index < -0.39 is 6.10 Å². The molecule has 0 aromatic heterocycles. The molecule has 0 bridgehead atoms. The molecule has 0 aromatic carbocycles. The normalized spacial score (nSPS) is 13.1. The Morgan fingerprint density at radius 2 is 0.565 bits per heavy atom. The van der Waals surface area contributed by atoms with Crippen molar-refractivity contribution in [2.45, 2.75) is 232 Å². The molecule has 0 rings (SSSR count). The minimum atomic E-state index is -0.799. The zero-order valence-corrected chi connectivity index (χ0v) is 44.3. The van der Waals surface area contributed by atoms with Gasteiger partial charge in [0.2, 0.25) is 0 Å². The van der Waals surface area contributed by atoms with Gasteiger partial charge in [0.05, 0.1) is 0 Å². The molecule has 0 aliphatic heterocycles. The van der Waals surface area contributed by atoms with Crippen LogP contribution in [0.1, 0.15) is 226 Å². The smallest absolute Gasteiger partial charge is 0.306 e. The maximum atomic E-state index is 12.7. The van der Waals surface area contributed by atoms with Crippen molar-refractivity contribution in [1.82, 2.24) is 0 Å². The number of rotatable bonds is 48. The van der Waals surface area contributed by atoms with Gasteiger partial charge in [0.1, 0.15) is 13.2 Å². The van der Waals surface area contributed by atoms with Crippen molar-refractivity contribution in [1.29, 1.82) is 0 Å². The fraction of sp³-hybridized carbons (Fsp3) is 0.603. The fourth-order valence-corrected chi connectivity index (χ4v) is 6.99. The van der Waals surface area contributed by atoms with E-state index in [4.69, 9.17) is 14.2 Å². The number of hydrogen-bond donors (Lipinski definition) is 0. The van der Waals surface area contributed by atoms with Gasteiger partial charge in [-0.15, -0.1) is 0 Å². The number of carbonyl (C=O) groups excluding carboxylic acids is 3. The van der Waals surface area contributed by atoms with E-state index in [2.05, 4.69) is 154 Å². The summed E-state index contributed by atoms with van der Waals surface area (Å²) in [5.74, 6) is -0.970. The third-order valence-corrected chi connectivity index (χ3v) is 11.1. The summed E-state index contributed by atoms with van der Waals surface area (Å²) >= 11 is 0. The average molecular weight is 953 g/mol. The first-order chi connectivity index (χ1) is 34.0. The molecule has 0 spiro atoms. The summed E-state index contributed by atoms with van der Waals surface area (Å²) in [4.78, 5) is 37.7. The molecule has 0 saturated carbocycles. The molecule has 0 fully saturated rings. The lowest BCUT2D eigenvalue weighted by molar-refractivity contribution is -0.167. The SMILES string of the molecule is CC/C=C\C/C=C\C/C=C\C/C=C\C/C=C\C/C=C\C/C=C\C/C=C\C/C=C\CCCCCC(=O)OCC(COC(=O)CCCCCCC)OC(=O)CCCCCCC/C=C\C/C=C\CCCCC. The van der Waals surface area contributed by atoms with Gasteiger partial charge in [-0.2, -0.15) is 0 Å². The van der Waals surface area contributed by atoms with Crippen molar-refractivity contribution in [3.05, 3.63) is 134 Å². The van der Waals surface area contributed by atoms with Crippen LogP contribution < -0.4 is 0 Å². The van der Waals surface area contributed by atoms with Crippen molar-refractivity contribution in [2.24, 2.45) is 0 Å². The van der Waals surface area contributed by atoms with Crippen LogP contribution in [-0.4, -0.2) is 37.2 Å². The minimum Gasteiger partial charge on any atom is -0.462 e. The Morgan fingerprint density at radius 3 is 0.928 bits per heavy atom. The lowest BCUT2D eigenvalue weighted by Gasteiger charge is -2.18. The van der Waals surface area contributed by atoms with Crippen LogP contribution >= 0.6 is 0 Å². The van der Waals surface area contributed by atoms with Crippen molar-refractivity contribution in [3.63, 3.8) is 0 Å².